The molecule has 142 valence electrons. The van der Waals surface area contributed by atoms with Crippen LogP contribution in [0, 0.1) is 5.82 Å². The maximum absolute atomic E-state index is 14.0. The van der Waals surface area contributed by atoms with E-state index in [9.17, 15) is 9.18 Å². The Hall–Kier alpha value is -2.02. The molecule has 2 aliphatic rings. The molecular weight excluding hydrogens is 359 g/mol. The number of guanidine groups is 1. The Labute approximate surface area is 157 Å². The van der Waals surface area contributed by atoms with Crippen molar-refractivity contribution in [1.82, 2.24) is 15.5 Å². The molecule has 0 aromatic heterocycles. The Balaban J connectivity index is 1.50. The van der Waals surface area contributed by atoms with Gasteiger partial charge in [-0.25, -0.2) is 9.18 Å². The molecule has 0 radical (unpaired) electrons. The van der Waals surface area contributed by atoms with E-state index < -0.39 is 0 Å². The van der Waals surface area contributed by atoms with Crippen LogP contribution >= 0.6 is 11.6 Å². The second-order valence-corrected chi connectivity index (χ2v) is 7.08. The number of hydrogen-bond acceptors (Lipinski definition) is 3. The highest BCUT2D eigenvalue weighted by molar-refractivity contribution is 6.31. The van der Waals surface area contributed by atoms with Crippen LogP contribution in [0.3, 0.4) is 0 Å². The minimum Gasteiger partial charge on any atom is -0.453 e. The van der Waals surface area contributed by atoms with Gasteiger partial charge in [-0.3, -0.25) is 4.99 Å². The fraction of sp³-hybridized carbons (Fsp3) is 0.556. The number of rotatable bonds is 3. The van der Waals surface area contributed by atoms with Gasteiger partial charge in [-0.15, -0.1) is 0 Å². The predicted molar refractivity (Wildman–Crippen MR) is 99.2 cm³/mol. The molecule has 1 aromatic rings. The Morgan fingerprint density at radius 3 is 2.69 bits per heavy atom. The Morgan fingerprint density at radius 1 is 1.35 bits per heavy atom. The summed E-state index contributed by atoms with van der Waals surface area (Å²) in [6.07, 6.45) is 2.18. The van der Waals surface area contributed by atoms with Gasteiger partial charge < -0.3 is 20.3 Å². The molecule has 1 saturated heterocycles. The van der Waals surface area contributed by atoms with Gasteiger partial charge in [0.15, 0.2) is 5.96 Å². The van der Waals surface area contributed by atoms with E-state index in [0.717, 1.165) is 19.3 Å². The molecule has 1 aliphatic carbocycles. The van der Waals surface area contributed by atoms with Gasteiger partial charge in [0.25, 0.3) is 0 Å². The fourth-order valence-electron chi connectivity index (χ4n) is 3.41. The third-order valence-electron chi connectivity index (χ3n) is 4.98. The maximum Gasteiger partial charge on any atom is 0.409 e. The zero-order valence-corrected chi connectivity index (χ0v) is 15.7. The molecule has 1 aromatic carbocycles. The first-order valence-corrected chi connectivity index (χ1v) is 9.18. The molecule has 2 atom stereocenters. The highest BCUT2D eigenvalue weighted by atomic mass is 35.5. The number of halogens is 2. The molecule has 1 aliphatic heterocycles. The molecule has 8 heteroatoms. The number of methoxy groups -OCH3 is 1. The number of carbonyl (C=O) groups excluding carboxylic acids is 1. The molecule has 1 amide bonds. The van der Waals surface area contributed by atoms with E-state index >= 15 is 0 Å². The normalized spacial score (nSPS) is 23.5. The van der Waals surface area contributed by atoms with Crippen molar-refractivity contribution in [2.45, 2.75) is 37.3 Å². The summed E-state index contributed by atoms with van der Waals surface area (Å²) in [7, 11) is 3.11. The number of aliphatic imine (C=N–C) groups is 1. The number of nitrogens with one attached hydrogen (secondary N) is 2. The second-order valence-electron chi connectivity index (χ2n) is 6.68. The monoisotopic (exact) mass is 382 g/mol. The highest BCUT2D eigenvalue weighted by Crippen LogP contribution is 2.44. The highest BCUT2D eigenvalue weighted by Gasteiger charge is 2.42. The van der Waals surface area contributed by atoms with Crippen LogP contribution in [0.5, 0.6) is 0 Å². The lowest BCUT2D eigenvalue weighted by atomic mass is 10.1. The number of carbonyl (C=O) groups is 1. The minimum absolute atomic E-state index is 0.0587. The van der Waals surface area contributed by atoms with E-state index in [1.807, 2.05) is 0 Å². The van der Waals surface area contributed by atoms with Crippen LogP contribution in [0.2, 0.25) is 5.02 Å². The van der Waals surface area contributed by atoms with Gasteiger partial charge in [-0.1, -0.05) is 17.7 Å². The number of nitrogens with zero attached hydrogens (tertiary/aromatic N) is 2. The van der Waals surface area contributed by atoms with Crippen LogP contribution in [0.4, 0.5) is 9.18 Å². The number of ether oxygens (including phenoxy) is 1. The third-order valence-corrected chi connectivity index (χ3v) is 5.30. The summed E-state index contributed by atoms with van der Waals surface area (Å²) in [6.45, 7) is 1.30. The van der Waals surface area contributed by atoms with Gasteiger partial charge >= 0.3 is 6.09 Å². The maximum atomic E-state index is 14.0. The van der Waals surface area contributed by atoms with Crippen LogP contribution in [0.25, 0.3) is 0 Å². The van der Waals surface area contributed by atoms with Gasteiger partial charge in [0.05, 0.1) is 7.11 Å². The molecule has 2 unspecified atom stereocenters. The molecule has 0 spiro atoms. The first-order valence-electron chi connectivity index (χ1n) is 8.80. The van der Waals surface area contributed by atoms with E-state index in [0.29, 0.717) is 29.6 Å². The summed E-state index contributed by atoms with van der Waals surface area (Å²) in [4.78, 5) is 17.5. The summed E-state index contributed by atoms with van der Waals surface area (Å²) < 4.78 is 18.8. The van der Waals surface area contributed by atoms with Crippen molar-refractivity contribution < 1.29 is 13.9 Å². The van der Waals surface area contributed by atoms with E-state index in [2.05, 4.69) is 15.6 Å². The molecule has 1 heterocycles. The van der Waals surface area contributed by atoms with Crippen molar-refractivity contribution in [3.8, 4) is 0 Å². The third kappa shape index (κ3) is 4.20. The van der Waals surface area contributed by atoms with Crippen LogP contribution in [0.15, 0.2) is 23.2 Å². The largest absolute Gasteiger partial charge is 0.453 e. The first-order chi connectivity index (χ1) is 12.5. The minimum atomic E-state index is -0.284. The van der Waals surface area contributed by atoms with Crippen molar-refractivity contribution in [3.63, 3.8) is 0 Å². The summed E-state index contributed by atoms with van der Waals surface area (Å²) in [5, 5.41) is 7.20. The lowest BCUT2D eigenvalue weighted by Gasteiger charge is -2.32. The number of hydrogen-bond donors (Lipinski definition) is 2. The average Bonchev–Trinajstić information content (AvgIpc) is 3.39. The average molecular weight is 383 g/mol. The molecular formula is C18H24ClFN4O2. The molecule has 2 fully saturated rings. The lowest BCUT2D eigenvalue weighted by Crippen LogP contribution is -2.50. The summed E-state index contributed by atoms with van der Waals surface area (Å²) in [5.74, 6) is 0.495. The van der Waals surface area contributed by atoms with E-state index in [1.54, 1.807) is 24.1 Å². The topological polar surface area (TPSA) is 66.0 Å². The van der Waals surface area contributed by atoms with Gasteiger partial charge in [0.1, 0.15) is 5.82 Å². The summed E-state index contributed by atoms with van der Waals surface area (Å²) >= 11 is 6.15. The molecule has 1 saturated carbocycles. The van der Waals surface area contributed by atoms with Gasteiger partial charge in [0.2, 0.25) is 0 Å². The summed E-state index contributed by atoms with van der Waals surface area (Å²) in [6, 6.07) is 5.13. The zero-order chi connectivity index (χ0) is 18.7. The number of benzene rings is 1. The van der Waals surface area contributed by atoms with Crippen molar-refractivity contribution >= 4 is 23.7 Å². The smallest absolute Gasteiger partial charge is 0.409 e. The van der Waals surface area contributed by atoms with Gasteiger partial charge in [0, 0.05) is 48.7 Å². The van der Waals surface area contributed by atoms with Gasteiger partial charge in [-0.2, -0.15) is 0 Å². The van der Waals surface area contributed by atoms with Gasteiger partial charge in [-0.05, 0) is 31.4 Å². The Kier molecular flexibility index (Phi) is 5.86. The van der Waals surface area contributed by atoms with E-state index in [-0.39, 0.29) is 29.9 Å². The zero-order valence-electron chi connectivity index (χ0n) is 15.0. The molecule has 6 nitrogen and oxygen atoms in total. The Morgan fingerprint density at radius 2 is 2.08 bits per heavy atom. The molecule has 0 bridgehead atoms. The van der Waals surface area contributed by atoms with Crippen molar-refractivity contribution in [1.29, 1.82) is 0 Å². The number of amides is 1. The van der Waals surface area contributed by atoms with Crippen LogP contribution in [-0.4, -0.2) is 56.3 Å². The molecule has 2 N–H and O–H groups in total. The quantitative estimate of drug-likeness (QED) is 0.623. The van der Waals surface area contributed by atoms with Crippen molar-refractivity contribution in [2.75, 3.05) is 27.2 Å². The lowest BCUT2D eigenvalue weighted by molar-refractivity contribution is 0.111. The summed E-state index contributed by atoms with van der Waals surface area (Å²) in [5.41, 5.74) is 0.577. The SMILES string of the molecule is CN=C(NC1CCN(C(=O)OC)CC1)NC1CC1c1c(F)cccc1Cl. The standard InChI is InChI=1S/C18H24ClFN4O2/c1-21-17(22-11-6-8-24(9-7-11)18(25)26-2)23-15-10-12(15)16-13(19)4-3-5-14(16)20/h3-5,11-12,15H,6-10H2,1-2H3,(H2,21,22,23). The molecule has 3 rings (SSSR count). The molecule has 26 heavy (non-hydrogen) atoms. The number of piperidine rings is 1. The van der Waals surface area contributed by atoms with Crippen LogP contribution in [0.1, 0.15) is 30.7 Å². The van der Waals surface area contributed by atoms with E-state index in [4.69, 9.17) is 16.3 Å². The van der Waals surface area contributed by atoms with Crippen LogP contribution < -0.4 is 10.6 Å². The predicted octanol–water partition coefficient (Wildman–Crippen LogP) is 2.73. The number of likely N-dealkylation sites (tertiary alicyclic amines) is 1. The van der Waals surface area contributed by atoms with Crippen molar-refractivity contribution in [3.05, 3.63) is 34.6 Å². The van der Waals surface area contributed by atoms with Crippen LogP contribution in [-0.2, 0) is 4.74 Å². The second kappa shape index (κ2) is 8.12. The van der Waals surface area contributed by atoms with Crippen molar-refractivity contribution in [2.24, 2.45) is 4.99 Å². The van der Waals surface area contributed by atoms with E-state index in [1.165, 1.54) is 13.2 Å². The fourth-order valence-corrected chi connectivity index (χ4v) is 3.72. The Bertz CT molecular complexity index is 672. The first kappa shape index (κ1) is 18.8.